The highest BCUT2D eigenvalue weighted by atomic mass is 35.5. The lowest BCUT2D eigenvalue weighted by atomic mass is 10.2. The summed E-state index contributed by atoms with van der Waals surface area (Å²) in [6.07, 6.45) is 1.42. The van der Waals surface area contributed by atoms with Gasteiger partial charge in [0.1, 0.15) is 5.75 Å². The van der Waals surface area contributed by atoms with E-state index in [2.05, 4.69) is 22.1 Å². The number of rotatable bonds is 9. The number of carbonyl (C=O) groups excluding carboxylic acids is 1. The monoisotopic (exact) mass is 476 g/mol. The second-order valence-corrected chi connectivity index (χ2v) is 8.48. The first kappa shape index (κ1) is 23.2. The van der Waals surface area contributed by atoms with Crippen LogP contribution in [0.5, 0.6) is 5.75 Å². The van der Waals surface area contributed by atoms with E-state index in [9.17, 15) is 4.79 Å². The SMILES string of the molecule is C=CCn1c(SCC(=O)Nc2cccc(Cl)c2Cl)nnc1C(C)Oc1cccc(C)c1. The van der Waals surface area contributed by atoms with Crippen molar-refractivity contribution in [3.05, 3.63) is 76.6 Å². The van der Waals surface area contributed by atoms with E-state index >= 15 is 0 Å². The van der Waals surface area contributed by atoms with Crippen LogP contribution in [0.2, 0.25) is 10.0 Å². The lowest BCUT2D eigenvalue weighted by molar-refractivity contribution is -0.113. The minimum Gasteiger partial charge on any atom is -0.483 e. The molecule has 1 amide bonds. The molecule has 162 valence electrons. The number of hydrogen-bond donors (Lipinski definition) is 1. The zero-order valence-corrected chi connectivity index (χ0v) is 19.5. The zero-order valence-electron chi connectivity index (χ0n) is 17.1. The molecule has 0 radical (unpaired) electrons. The minimum absolute atomic E-state index is 0.130. The van der Waals surface area contributed by atoms with Gasteiger partial charge in [0.2, 0.25) is 5.91 Å². The standard InChI is InChI=1S/C22H22Cl2N4O2S/c1-4-11-28-21(15(3)30-16-8-5-7-14(2)12-16)26-27-22(28)31-13-19(29)25-18-10-6-9-17(23)20(18)24/h4-10,12,15H,1,11,13H2,2-3H3,(H,25,29). The smallest absolute Gasteiger partial charge is 0.234 e. The fraction of sp³-hybridized carbons (Fsp3) is 0.227. The van der Waals surface area contributed by atoms with Crippen LogP contribution in [-0.4, -0.2) is 26.4 Å². The van der Waals surface area contributed by atoms with Crippen molar-refractivity contribution in [2.45, 2.75) is 31.7 Å². The van der Waals surface area contributed by atoms with Crippen molar-refractivity contribution in [2.24, 2.45) is 0 Å². The summed E-state index contributed by atoms with van der Waals surface area (Å²) in [5, 5.41) is 12.6. The Kier molecular flexibility index (Phi) is 8.01. The van der Waals surface area contributed by atoms with Crippen LogP contribution in [-0.2, 0) is 11.3 Å². The summed E-state index contributed by atoms with van der Waals surface area (Å²) in [5.74, 6) is 1.31. The van der Waals surface area contributed by atoms with Crippen molar-refractivity contribution < 1.29 is 9.53 Å². The molecule has 0 saturated heterocycles. The van der Waals surface area contributed by atoms with Gasteiger partial charge in [0, 0.05) is 6.54 Å². The number of thioether (sulfide) groups is 1. The number of benzene rings is 2. The molecule has 1 atom stereocenters. The van der Waals surface area contributed by atoms with E-state index < -0.39 is 0 Å². The van der Waals surface area contributed by atoms with E-state index in [1.54, 1.807) is 24.3 Å². The van der Waals surface area contributed by atoms with Crippen LogP contribution < -0.4 is 10.1 Å². The topological polar surface area (TPSA) is 69.0 Å². The van der Waals surface area contributed by atoms with Crippen LogP contribution in [0.4, 0.5) is 5.69 Å². The molecule has 0 spiro atoms. The Balaban J connectivity index is 1.68. The van der Waals surface area contributed by atoms with Gasteiger partial charge in [-0.1, -0.05) is 59.2 Å². The van der Waals surface area contributed by atoms with Crippen molar-refractivity contribution >= 4 is 46.6 Å². The Bertz CT molecular complexity index is 1090. The number of nitrogens with one attached hydrogen (secondary N) is 1. The maximum absolute atomic E-state index is 12.4. The Labute approximate surface area is 195 Å². The number of anilines is 1. The first-order valence-electron chi connectivity index (χ1n) is 9.53. The molecule has 9 heteroatoms. The Morgan fingerprint density at radius 2 is 2.06 bits per heavy atom. The number of nitrogens with zero attached hydrogens (tertiary/aromatic N) is 3. The molecule has 1 N–H and O–H groups in total. The third-order valence-electron chi connectivity index (χ3n) is 4.28. The molecule has 1 aromatic heterocycles. The van der Waals surface area contributed by atoms with Crippen molar-refractivity contribution in [3.8, 4) is 5.75 Å². The van der Waals surface area contributed by atoms with E-state index in [-0.39, 0.29) is 17.8 Å². The van der Waals surface area contributed by atoms with Crippen molar-refractivity contribution in [1.82, 2.24) is 14.8 Å². The molecule has 1 heterocycles. The average molecular weight is 477 g/mol. The number of amides is 1. The molecule has 31 heavy (non-hydrogen) atoms. The Hall–Kier alpha value is -2.48. The fourth-order valence-corrected chi connectivity index (χ4v) is 3.97. The van der Waals surface area contributed by atoms with Gasteiger partial charge in [-0.25, -0.2) is 0 Å². The van der Waals surface area contributed by atoms with Gasteiger partial charge in [-0.05, 0) is 43.7 Å². The molecule has 0 aliphatic heterocycles. The summed E-state index contributed by atoms with van der Waals surface area (Å²) in [6.45, 7) is 8.22. The molecule has 6 nitrogen and oxygen atoms in total. The number of hydrogen-bond acceptors (Lipinski definition) is 5. The van der Waals surface area contributed by atoms with E-state index in [1.165, 1.54) is 11.8 Å². The van der Waals surface area contributed by atoms with Crippen LogP contribution in [0, 0.1) is 6.92 Å². The van der Waals surface area contributed by atoms with Gasteiger partial charge >= 0.3 is 0 Å². The van der Waals surface area contributed by atoms with Crippen LogP contribution in [0.25, 0.3) is 0 Å². The van der Waals surface area contributed by atoms with Crippen LogP contribution in [0.3, 0.4) is 0 Å². The predicted molar refractivity (Wildman–Crippen MR) is 126 cm³/mol. The highest BCUT2D eigenvalue weighted by Crippen LogP contribution is 2.30. The van der Waals surface area contributed by atoms with Gasteiger partial charge in [-0.2, -0.15) is 0 Å². The molecule has 3 rings (SSSR count). The third kappa shape index (κ3) is 6.03. The summed E-state index contributed by atoms with van der Waals surface area (Å²) in [5.41, 5.74) is 1.58. The minimum atomic E-state index is -0.331. The number of aromatic nitrogens is 3. The summed E-state index contributed by atoms with van der Waals surface area (Å²) in [4.78, 5) is 12.4. The first-order valence-corrected chi connectivity index (χ1v) is 11.3. The molecule has 0 bridgehead atoms. The molecule has 0 saturated carbocycles. The van der Waals surface area contributed by atoms with Crippen LogP contribution in [0.1, 0.15) is 24.4 Å². The number of carbonyl (C=O) groups is 1. The van der Waals surface area contributed by atoms with Gasteiger partial charge in [-0.3, -0.25) is 9.36 Å². The van der Waals surface area contributed by atoms with E-state index in [1.807, 2.05) is 42.7 Å². The predicted octanol–water partition coefficient (Wildman–Crippen LogP) is 5.95. The van der Waals surface area contributed by atoms with E-state index in [0.29, 0.717) is 33.3 Å². The van der Waals surface area contributed by atoms with Crippen LogP contribution >= 0.6 is 35.0 Å². The van der Waals surface area contributed by atoms with Gasteiger partial charge in [0.25, 0.3) is 0 Å². The third-order valence-corrected chi connectivity index (χ3v) is 6.07. The molecule has 1 unspecified atom stereocenters. The van der Waals surface area contributed by atoms with Gasteiger partial charge in [0.05, 0.1) is 21.5 Å². The number of ether oxygens (including phenoxy) is 1. The fourth-order valence-electron chi connectivity index (χ4n) is 2.87. The molecular weight excluding hydrogens is 455 g/mol. The average Bonchev–Trinajstić information content (AvgIpc) is 3.13. The number of allylic oxidation sites excluding steroid dienone is 1. The van der Waals surface area contributed by atoms with Crippen molar-refractivity contribution in [2.75, 3.05) is 11.1 Å². The molecular formula is C22H22Cl2N4O2S. The second-order valence-electron chi connectivity index (χ2n) is 6.75. The van der Waals surface area contributed by atoms with Gasteiger partial charge in [0.15, 0.2) is 17.1 Å². The molecule has 0 aliphatic rings. The van der Waals surface area contributed by atoms with E-state index in [0.717, 1.165) is 11.3 Å². The number of aryl methyl sites for hydroxylation is 1. The lowest BCUT2D eigenvalue weighted by Gasteiger charge is -2.16. The summed E-state index contributed by atoms with van der Waals surface area (Å²) >= 11 is 13.4. The van der Waals surface area contributed by atoms with E-state index in [4.69, 9.17) is 27.9 Å². The quantitative estimate of drug-likeness (QED) is 0.305. The zero-order chi connectivity index (χ0) is 22.4. The van der Waals surface area contributed by atoms with Crippen molar-refractivity contribution in [1.29, 1.82) is 0 Å². The van der Waals surface area contributed by atoms with Gasteiger partial charge in [-0.15, -0.1) is 16.8 Å². The lowest BCUT2D eigenvalue weighted by Crippen LogP contribution is -2.16. The molecule has 3 aromatic rings. The normalized spacial score (nSPS) is 11.7. The number of halogens is 2. The molecule has 0 aliphatic carbocycles. The maximum atomic E-state index is 12.4. The van der Waals surface area contributed by atoms with Crippen LogP contribution in [0.15, 0.2) is 60.3 Å². The Morgan fingerprint density at radius 1 is 1.29 bits per heavy atom. The summed E-state index contributed by atoms with van der Waals surface area (Å²) in [6, 6.07) is 12.9. The second kappa shape index (κ2) is 10.7. The first-order chi connectivity index (χ1) is 14.9. The highest BCUT2D eigenvalue weighted by Gasteiger charge is 2.20. The molecule has 0 fully saturated rings. The van der Waals surface area contributed by atoms with Gasteiger partial charge < -0.3 is 10.1 Å². The molecule has 2 aromatic carbocycles. The largest absolute Gasteiger partial charge is 0.483 e. The highest BCUT2D eigenvalue weighted by molar-refractivity contribution is 7.99. The van der Waals surface area contributed by atoms with Crippen molar-refractivity contribution in [3.63, 3.8) is 0 Å². The Morgan fingerprint density at radius 3 is 2.81 bits per heavy atom. The summed E-state index contributed by atoms with van der Waals surface area (Å²) < 4.78 is 7.92. The summed E-state index contributed by atoms with van der Waals surface area (Å²) in [7, 11) is 0. The maximum Gasteiger partial charge on any atom is 0.234 e.